The van der Waals surface area contributed by atoms with Gasteiger partial charge >= 0.3 is 0 Å². The Kier molecular flexibility index (Phi) is 47.1. The summed E-state index contributed by atoms with van der Waals surface area (Å²) in [5, 5.41) is 16.6. The summed E-state index contributed by atoms with van der Waals surface area (Å²) in [7, 11) is 0. The lowest BCUT2D eigenvalue weighted by Crippen LogP contribution is -1.80. The molecule has 0 aromatic heterocycles. The quantitative estimate of drug-likeness (QED) is 0.665. The van der Waals surface area contributed by atoms with Gasteiger partial charge in [-0.25, -0.2) is 0 Å². The predicted octanol–water partition coefficient (Wildman–Crippen LogP) is 3.34. The minimum absolute atomic E-state index is 0. The molecule has 0 saturated heterocycles. The van der Waals surface area contributed by atoms with Gasteiger partial charge in [-0.05, 0) is 12.8 Å². The van der Waals surface area contributed by atoms with Gasteiger partial charge in [-0.2, -0.15) is 27.0 Å². The first-order valence-electron chi connectivity index (χ1n) is 6.05. The van der Waals surface area contributed by atoms with Crippen molar-refractivity contribution in [1.29, 1.82) is 0 Å². The molecule has 0 saturated carbocycles. The van der Waals surface area contributed by atoms with Crippen molar-refractivity contribution in [2.75, 3.05) is 13.2 Å². The summed E-state index contributed by atoms with van der Waals surface area (Å²) < 4.78 is 0. The fraction of sp³-hybridized carbons (Fsp3) is 1.00. The lowest BCUT2D eigenvalue weighted by molar-refractivity contribution is 0.282. The molecule has 0 amide bonds. The maximum Gasteiger partial charge on any atom is 0.0431 e. The molecule has 0 heterocycles. The fourth-order valence-electron chi connectivity index (χ4n) is 1.08. The molecule has 0 rings (SSSR count). The van der Waals surface area contributed by atoms with Crippen LogP contribution in [0.4, 0.5) is 0 Å². The molecule has 4 heteroatoms. The Morgan fingerprint density at radius 3 is 1.06 bits per heavy atom. The van der Waals surface area contributed by atoms with Crippen LogP contribution in [0.3, 0.4) is 0 Å². The molecule has 0 aliphatic carbocycles. The van der Waals surface area contributed by atoms with E-state index in [-0.39, 0.29) is 27.0 Å². The second kappa shape index (κ2) is 29.6. The van der Waals surface area contributed by atoms with E-state index < -0.39 is 0 Å². The molecular formula is C12H32O2S2. The van der Waals surface area contributed by atoms with Crippen LogP contribution in [0.5, 0.6) is 0 Å². The number of aliphatic hydroxyl groups is 2. The van der Waals surface area contributed by atoms with Gasteiger partial charge in [0.25, 0.3) is 0 Å². The van der Waals surface area contributed by atoms with Crippen LogP contribution in [0.2, 0.25) is 0 Å². The van der Waals surface area contributed by atoms with E-state index in [0.717, 1.165) is 12.8 Å². The minimum atomic E-state index is 0. The van der Waals surface area contributed by atoms with Gasteiger partial charge in [-0.15, -0.1) is 0 Å². The second-order valence-electron chi connectivity index (χ2n) is 3.57. The molecule has 0 radical (unpaired) electrons. The van der Waals surface area contributed by atoms with E-state index in [1.165, 1.54) is 38.5 Å². The SMILES string of the molecule is CCCCCCO.CCCCCCO.S.S. The van der Waals surface area contributed by atoms with Crippen LogP contribution in [-0.4, -0.2) is 23.4 Å². The van der Waals surface area contributed by atoms with Crippen LogP contribution >= 0.6 is 27.0 Å². The van der Waals surface area contributed by atoms with Gasteiger partial charge in [0, 0.05) is 13.2 Å². The van der Waals surface area contributed by atoms with E-state index in [4.69, 9.17) is 10.2 Å². The molecule has 0 unspecified atom stereocenters. The van der Waals surface area contributed by atoms with Crippen LogP contribution in [0.1, 0.15) is 65.2 Å². The highest BCUT2D eigenvalue weighted by atomic mass is 32.1. The Morgan fingerprint density at radius 2 is 0.875 bits per heavy atom. The minimum Gasteiger partial charge on any atom is -0.396 e. The van der Waals surface area contributed by atoms with Crippen LogP contribution < -0.4 is 0 Å². The molecule has 0 aliphatic rings. The second-order valence-corrected chi connectivity index (χ2v) is 3.57. The smallest absolute Gasteiger partial charge is 0.0431 e. The Bertz CT molecular complexity index is 65.4. The van der Waals surface area contributed by atoms with Crippen LogP contribution in [0.15, 0.2) is 0 Å². The summed E-state index contributed by atoms with van der Waals surface area (Å²) >= 11 is 0. The van der Waals surface area contributed by atoms with Crippen molar-refractivity contribution in [3.8, 4) is 0 Å². The molecule has 0 aromatic rings. The van der Waals surface area contributed by atoms with Gasteiger partial charge in [0.1, 0.15) is 0 Å². The van der Waals surface area contributed by atoms with E-state index in [2.05, 4.69) is 13.8 Å². The third-order valence-electron chi connectivity index (χ3n) is 2.02. The van der Waals surface area contributed by atoms with Crippen LogP contribution in [0, 0.1) is 0 Å². The Balaban J connectivity index is -0.0000000800. The summed E-state index contributed by atoms with van der Waals surface area (Å²) in [6, 6.07) is 0. The molecule has 0 spiro atoms. The molecule has 16 heavy (non-hydrogen) atoms. The lowest BCUT2D eigenvalue weighted by Gasteiger charge is -1.90. The number of aliphatic hydroxyl groups excluding tert-OH is 2. The molecule has 0 aliphatic heterocycles. The van der Waals surface area contributed by atoms with Crippen molar-refractivity contribution < 1.29 is 10.2 Å². The highest BCUT2D eigenvalue weighted by Crippen LogP contribution is 1.96. The van der Waals surface area contributed by atoms with E-state index in [9.17, 15) is 0 Å². The van der Waals surface area contributed by atoms with Gasteiger partial charge in [0.15, 0.2) is 0 Å². The normalized spacial score (nSPS) is 8.25. The molecule has 0 atom stereocenters. The molecule has 0 fully saturated rings. The highest BCUT2D eigenvalue weighted by Gasteiger charge is 1.81. The van der Waals surface area contributed by atoms with E-state index in [0.29, 0.717) is 13.2 Å². The van der Waals surface area contributed by atoms with Crippen LogP contribution in [0.25, 0.3) is 0 Å². The molecule has 0 bridgehead atoms. The van der Waals surface area contributed by atoms with Crippen molar-refractivity contribution in [2.45, 2.75) is 65.2 Å². The maximum atomic E-state index is 8.29. The summed E-state index contributed by atoms with van der Waals surface area (Å²) in [5.41, 5.74) is 0. The number of hydrogen-bond acceptors (Lipinski definition) is 2. The van der Waals surface area contributed by atoms with E-state index in [1.54, 1.807) is 0 Å². The summed E-state index contributed by atoms with van der Waals surface area (Å²) in [4.78, 5) is 0. The van der Waals surface area contributed by atoms with Crippen molar-refractivity contribution in [3.63, 3.8) is 0 Å². The zero-order valence-corrected chi connectivity index (χ0v) is 13.0. The zero-order valence-electron chi connectivity index (χ0n) is 11.0. The van der Waals surface area contributed by atoms with Crippen molar-refractivity contribution >= 4 is 27.0 Å². The average Bonchev–Trinajstić information content (AvgIpc) is 2.21. The summed E-state index contributed by atoms with van der Waals surface area (Å²) in [6.45, 7) is 5.05. The molecule has 104 valence electrons. The van der Waals surface area contributed by atoms with E-state index >= 15 is 0 Å². The average molecular weight is 273 g/mol. The first kappa shape index (κ1) is 25.5. The van der Waals surface area contributed by atoms with Crippen molar-refractivity contribution in [1.82, 2.24) is 0 Å². The Labute approximate surface area is 116 Å². The van der Waals surface area contributed by atoms with Gasteiger partial charge in [0.05, 0.1) is 0 Å². The van der Waals surface area contributed by atoms with Crippen LogP contribution in [-0.2, 0) is 0 Å². The summed E-state index contributed by atoms with van der Waals surface area (Å²) in [6.07, 6.45) is 9.36. The first-order valence-corrected chi connectivity index (χ1v) is 6.05. The lowest BCUT2D eigenvalue weighted by atomic mass is 10.2. The topological polar surface area (TPSA) is 40.5 Å². The predicted molar refractivity (Wildman–Crippen MR) is 83.2 cm³/mol. The molecule has 2 nitrogen and oxygen atoms in total. The van der Waals surface area contributed by atoms with Gasteiger partial charge in [-0.3, -0.25) is 0 Å². The number of rotatable bonds is 8. The standard InChI is InChI=1S/2C6H14O.2H2S/c2*1-2-3-4-5-6-7;;/h2*7H,2-6H2,1H3;2*1H2. The van der Waals surface area contributed by atoms with Crippen molar-refractivity contribution in [3.05, 3.63) is 0 Å². The molecular weight excluding hydrogens is 240 g/mol. The molecule has 0 aromatic carbocycles. The fourth-order valence-corrected chi connectivity index (χ4v) is 1.08. The summed E-state index contributed by atoms with van der Waals surface area (Å²) in [5.74, 6) is 0. The number of hydrogen-bond donors (Lipinski definition) is 2. The molecule has 2 N–H and O–H groups in total. The zero-order chi connectivity index (χ0) is 11.1. The third-order valence-corrected chi connectivity index (χ3v) is 2.02. The maximum absolute atomic E-state index is 8.29. The van der Waals surface area contributed by atoms with Gasteiger partial charge < -0.3 is 10.2 Å². The largest absolute Gasteiger partial charge is 0.396 e. The number of unbranched alkanes of at least 4 members (excludes halogenated alkanes) is 6. The highest BCUT2D eigenvalue weighted by molar-refractivity contribution is 7.59. The Hall–Kier alpha value is 0.620. The first-order chi connectivity index (χ1) is 6.83. The third kappa shape index (κ3) is 36.5. The van der Waals surface area contributed by atoms with Crippen molar-refractivity contribution in [2.24, 2.45) is 0 Å². The Morgan fingerprint density at radius 1 is 0.562 bits per heavy atom. The van der Waals surface area contributed by atoms with E-state index in [1.807, 2.05) is 0 Å². The van der Waals surface area contributed by atoms with Gasteiger partial charge in [-0.1, -0.05) is 52.4 Å². The monoisotopic (exact) mass is 272 g/mol. The van der Waals surface area contributed by atoms with Gasteiger partial charge in [0.2, 0.25) is 0 Å².